The molecule has 10 heteroatoms. The highest BCUT2D eigenvalue weighted by molar-refractivity contribution is 5.93. The number of carbonyl (C=O) groups excluding carboxylic acids is 1. The second kappa shape index (κ2) is 12.5. The van der Waals surface area contributed by atoms with E-state index in [4.69, 9.17) is 20.4 Å². The van der Waals surface area contributed by atoms with Crippen molar-refractivity contribution in [1.29, 1.82) is 0 Å². The van der Waals surface area contributed by atoms with Crippen molar-refractivity contribution in [3.05, 3.63) is 71.8 Å². The summed E-state index contributed by atoms with van der Waals surface area (Å²) in [5.74, 6) is 2.12. The molecular formula is C28H32N6O4. The molecule has 0 saturated heterocycles. The van der Waals surface area contributed by atoms with Crippen LogP contribution in [0, 0.1) is 6.92 Å². The molecule has 10 nitrogen and oxygen atoms in total. The van der Waals surface area contributed by atoms with Gasteiger partial charge in [0.15, 0.2) is 0 Å². The Morgan fingerprint density at radius 3 is 2.47 bits per heavy atom. The number of nitrogen functional groups attached to an aromatic ring is 1. The lowest BCUT2D eigenvalue weighted by atomic mass is 9.99. The third-order valence-corrected chi connectivity index (χ3v) is 5.90. The number of hydrogen-bond acceptors (Lipinski definition) is 8. The molecule has 0 aliphatic carbocycles. The Kier molecular flexibility index (Phi) is 9.15. The molecule has 2 heterocycles. The van der Waals surface area contributed by atoms with E-state index in [9.17, 15) is 4.79 Å². The first-order valence-corrected chi connectivity index (χ1v) is 11.9. The maximum absolute atomic E-state index is 12.4. The first-order chi connectivity index (χ1) is 18.2. The summed E-state index contributed by atoms with van der Waals surface area (Å²) < 4.78 is 5.50. The molecule has 4 N–H and O–H groups in total. The van der Waals surface area contributed by atoms with Gasteiger partial charge in [0.05, 0.1) is 30.8 Å². The van der Waals surface area contributed by atoms with Crippen LogP contribution >= 0.6 is 0 Å². The minimum absolute atomic E-state index is 0.0133. The van der Waals surface area contributed by atoms with Gasteiger partial charge in [0, 0.05) is 37.4 Å². The highest BCUT2D eigenvalue weighted by atomic mass is 16.5. The van der Waals surface area contributed by atoms with Crippen molar-refractivity contribution in [3.63, 3.8) is 0 Å². The molecule has 0 saturated carbocycles. The lowest BCUT2D eigenvalue weighted by molar-refractivity contribution is -0.128. The molecule has 2 aromatic carbocycles. The van der Waals surface area contributed by atoms with Crippen LogP contribution in [0.25, 0.3) is 22.0 Å². The highest BCUT2D eigenvalue weighted by Gasteiger charge is 2.15. The van der Waals surface area contributed by atoms with Gasteiger partial charge in [0.25, 0.3) is 6.47 Å². The number of hydrogen-bond donors (Lipinski definition) is 3. The number of carboxylic acid groups (broad SMARTS) is 1. The minimum atomic E-state index is -0.250. The number of methoxy groups -OCH3 is 1. The largest absolute Gasteiger partial charge is 0.496 e. The van der Waals surface area contributed by atoms with Crippen LogP contribution in [-0.4, -0.2) is 58.5 Å². The first kappa shape index (κ1) is 27.9. The van der Waals surface area contributed by atoms with Crippen molar-refractivity contribution in [2.45, 2.75) is 26.3 Å². The van der Waals surface area contributed by atoms with Gasteiger partial charge >= 0.3 is 0 Å². The quantitative estimate of drug-likeness (QED) is 0.309. The molecule has 4 rings (SSSR count). The molecule has 4 aromatic rings. The number of benzene rings is 2. The standard InChI is InChI=1S/C27H30N6O2.CH2O2/c1-16(21-11-22(28)15-29-14-21)30-27-23-12-19(6-8-24(23)31-17(2)32-27)18-7-9-25(35-5)20(10-18)13-26(34)33(3)4;2-1-3/h6-12,14-16H,13,28H2,1-5H3,(H,30,31,32);1H,(H,2,3)/t16-;/m1./s1. The van der Waals surface area contributed by atoms with E-state index in [1.807, 2.05) is 50.2 Å². The average molecular weight is 517 g/mol. The predicted octanol–water partition coefficient (Wildman–Crippen LogP) is 4.10. The third kappa shape index (κ3) is 6.73. The molecule has 0 unspecified atom stereocenters. The zero-order valence-electron chi connectivity index (χ0n) is 22.1. The number of nitrogens with one attached hydrogen (secondary N) is 1. The van der Waals surface area contributed by atoms with Gasteiger partial charge in [0.2, 0.25) is 5.91 Å². The predicted molar refractivity (Wildman–Crippen MR) is 148 cm³/mol. The summed E-state index contributed by atoms with van der Waals surface area (Å²) in [6.07, 6.45) is 3.68. The second-order valence-electron chi connectivity index (χ2n) is 8.87. The maximum atomic E-state index is 12.4. The van der Waals surface area contributed by atoms with Crippen molar-refractivity contribution >= 4 is 34.8 Å². The highest BCUT2D eigenvalue weighted by Crippen LogP contribution is 2.32. The van der Waals surface area contributed by atoms with Crippen LogP contribution < -0.4 is 15.8 Å². The Labute approximate surface area is 221 Å². The molecule has 2 aromatic heterocycles. The van der Waals surface area contributed by atoms with E-state index in [0.717, 1.165) is 39.0 Å². The van der Waals surface area contributed by atoms with Crippen molar-refractivity contribution in [2.75, 3.05) is 32.3 Å². The summed E-state index contributed by atoms with van der Waals surface area (Å²) >= 11 is 0. The Morgan fingerprint density at radius 1 is 1.13 bits per heavy atom. The number of rotatable bonds is 7. The van der Waals surface area contributed by atoms with Crippen LogP contribution in [0.15, 0.2) is 54.9 Å². The maximum Gasteiger partial charge on any atom is 0.290 e. The third-order valence-electron chi connectivity index (χ3n) is 5.90. The molecule has 1 atom stereocenters. The van der Waals surface area contributed by atoms with Gasteiger partial charge in [-0.15, -0.1) is 0 Å². The van der Waals surface area contributed by atoms with Gasteiger partial charge in [0.1, 0.15) is 17.4 Å². The molecule has 1 amide bonds. The van der Waals surface area contributed by atoms with Crippen LogP contribution in [0.3, 0.4) is 0 Å². The Bertz CT molecular complexity index is 1440. The fourth-order valence-electron chi connectivity index (χ4n) is 3.95. The van der Waals surface area contributed by atoms with Crippen molar-refractivity contribution in [2.24, 2.45) is 0 Å². The lowest BCUT2D eigenvalue weighted by Crippen LogP contribution is -2.23. The molecule has 0 radical (unpaired) electrons. The van der Waals surface area contributed by atoms with Crippen molar-refractivity contribution in [3.8, 4) is 16.9 Å². The van der Waals surface area contributed by atoms with Crippen LogP contribution in [-0.2, 0) is 16.0 Å². The first-order valence-electron chi connectivity index (χ1n) is 11.9. The van der Waals surface area contributed by atoms with E-state index in [0.29, 0.717) is 17.3 Å². The van der Waals surface area contributed by atoms with Crippen molar-refractivity contribution in [1.82, 2.24) is 19.9 Å². The number of fused-ring (bicyclic) bond motifs is 1. The number of pyridine rings is 1. The number of aryl methyl sites for hydroxylation is 1. The number of amides is 1. The van der Waals surface area contributed by atoms with Gasteiger partial charge in [-0.3, -0.25) is 14.6 Å². The van der Waals surface area contributed by atoms with Gasteiger partial charge in [-0.2, -0.15) is 0 Å². The van der Waals surface area contributed by atoms with E-state index < -0.39 is 0 Å². The van der Waals surface area contributed by atoms with Gasteiger partial charge < -0.3 is 25.8 Å². The monoisotopic (exact) mass is 516 g/mol. The number of aromatic nitrogens is 3. The summed E-state index contributed by atoms with van der Waals surface area (Å²) in [7, 11) is 5.11. The summed E-state index contributed by atoms with van der Waals surface area (Å²) in [6.45, 7) is 3.67. The zero-order valence-corrected chi connectivity index (χ0v) is 22.1. The normalized spacial score (nSPS) is 11.2. The fourth-order valence-corrected chi connectivity index (χ4v) is 3.95. The summed E-state index contributed by atoms with van der Waals surface area (Å²) in [6, 6.07) is 13.8. The molecular weight excluding hydrogens is 484 g/mol. The topological polar surface area (TPSA) is 144 Å². The fraction of sp³-hybridized carbons (Fsp3) is 0.250. The smallest absolute Gasteiger partial charge is 0.290 e. The van der Waals surface area contributed by atoms with Crippen molar-refractivity contribution < 1.29 is 19.4 Å². The lowest BCUT2D eigenvalue weighted by Gasteiger charge is -2.17. The Hall–Kier alpha value is -4.73. The van der Waals surface area contributed by atoms with Gasteiger partial charge in [-0.05, 0) is 60.9 Å². The summed E-state index contributed by atoms with van der Waals surface area (Å²) in [5.41, 5.74) is 11.2. The number of ether oxygens (including phenoxy) is 1. The van der Waals surface area contributed by atoms with Gasteiger partial charge in [-0.1, -0.05) is 12.1 Å². The Balaban J connectivity index is 0.00000127. The number of anilines is 2. The SMILES string of the molecule is COc1ccc(-c2ccc3nc(C)nc(N[C@H](C)c4cncc(N)c4)c3c2)cc1CC(=O)N(C)C.O=CO. The molecule has 198 valence electrons. The van der Waals surface area contributed by atoms with E-state index in [2.05, 4.69) is 26.3 Å². The number of nitrogens with two attached hydrogens (primary N) is 1. The second-order valence-corrected chi connectivity index (χ2v) is 8.87. The molecule has 0 bridgehead atoms. The minimum Gasteiger partial charge on any atom is -0.496 e. The van der Waals surface area contributed by atoms with Crippen LogP contribution in [0.2, 0.25) is 0 Å². The molecule has 0 aliphatic rings. The van der Waals surface area contributed by atoms with E-state index >= 15 is 0 Å². The summed E-state index contributed by atoms with van der Waals surface area (Å²) in [5, 5.41) is 11.3. The molecule has 0 aliphatic heterocycles. The zero-order chi connectivity index (χ0) is 27.8. The molecule has 38 heavy (non-hydrogen) atoms. The Morgan fingerprint density at radius 2 is 1.82 bits per heavy atom. The average Bonchev–Trinajstić information content (AvgIpc) is 2.88. The summed E-state index contributed by atoms with van der Waals surface area (Å²) in [4.78, 5) is 35.8. The number of carbonyl (C=O) groups is 2. The van der Waals surface area contributed by atoms with E-state index in [-0.39, 0.29) is 24.8 Å². The number of nitrogens with zero attached hydrogens (tertiary/aromatic N) is 4. The van der Waals surface area contributed by atoms with Crippen LogP contribution in [0.1, 0.15) is 29.9 Å². The van der Waals surface area contributed by atoms with Gasteiger partial charge in [-0.25, -0.2) is 9.97 Å². The van der Waals surface area contributed by atoms with E-state index in [1.54, 1.807) is 38.5 Å². The van der Waals surface area contributed by atoms with Crippen LogP contribution in [0.4, 0.5) is 11.5 Å². The molecule has 0 fully saturated rings. The van der Waals surface area contributed by atoms with Crippen LogP contribution in [0.5, 0.6) is 5.75 Å². The van der Waals surface area contributed by atoms with E-state index in [1.165, 1.54) is 0 Å². The molecule has 0 spiro atoms. The number of likely N-dealkylation sites (N-methyl/N-ethyl adjacent to an activating group) is 1.